The molecule has 1 nitrogen and oxygen atoms in total. The first-order valence-corrected chi connectivity index (χ1v) is 7.70. The number of thiophene rings is 1. The van der Waals surface area contributed by atoms with E-state index in [0.717, 1.165) is 27.9 Å². The molecule has 1 aromatic rings. The van der Waals surface area contributed by atoms with Crippen LogP contribution in [0.15, 0.2) is 9.85 Å². The molecule has 0 saturated heterocycles. The molecule has 16 heavy (non-hydrogen) atoms. The summed E-state index contributed by atoms with van der Waals surface area (Å²) in [5, 5.41) is 11.3. The minimum absolute atomic E-state index is 0.0909. The van der Waals surface area contributed by atoms with Gasteiger partial charge in [0.25, 0.3) is 0 Å². The minimum atomic E-state index is -0.353. The largest absolute Gasteiger partial charge is 0.387 e. The van der Waals surface area contributed by atoms with Crippen molar-refractivity contribution in [1.29, 1.82) is 0 Å². The van der Waals surface area contributed by atoms with Crippen molar-refractivity contribution in [3.8, 4) is 0 Å². The summed E-state index contributed by atoms with van der Waals surface area (Å²) in [5.74, 6) is 0. The Labute approximate surface area is 114 Å². The van der Waals surface area contributed by atoms with Crippen molar-refractivity contribution in [2.45, 2.75) is 45.1 Å². The maximum absolute atomic E-state index is 10.5. The molecule has 1 aliphatic rings. The highest BCUT2D eigenvalue weighted by atomic mass is 79.9. The zero-order valence-corrected chi connectivity index (χ0v) is 12.5. The molecule has 1 atom stereocenters. The van der Waals surface area contributed by atoms with Crippen LogP contribution < -0.4 is 0 Å². The molecule has 0 amide bonds. The molecule has 1 fully saturated rings. The van der Waals surface area contributed by atoms with Crippen molar-refractivity contribution in [3.05, 3.63) is 19.8 Å². The smallest absolute Gasteiger partial charge is 0.0938 e. The first-order valence-electron chi connectivity index (χ1n) is 5.72. The quantitative estimate of drug-likeness (QED) is 0.813. The topological polar surface area (TPSA) is 20.2 Å². The van der Waals surface area contributed by atoms with Crippen molar-refractivity contribution in [2.75, 3.05) is 0 Å². The van der Waals surface area contributed by atoms with Gasteiger partial charge in [-0.15, -0.1) is 11.3 Å². The number of hydrogen-bond donors (Lipinski definition) is 1. The second-order valence-electron chi connectivity index (χ2n) is 4.60. The fourth-order valence-corrected chi connectivity index (χ4v) is 4.57. The molecule has 0 aromatic carbocycles. The first kappa shape index (κ1) is 12.9. The predicted molar refractivity (Wildman–Crippen MR) is 73.2 cm³/mol. The Morgan fingerprint density at radius 3 is 2.62 bits per heavy atom. The second kappa shape index (κ2) is 4.97. The Kier molecular flexibility index (Phi) is 4.00. The predicted octanol–water partition coefficient (Wildman–Crippen LogP) is 5.17. The Hall–Kier alpha value is 0.430. The average molecular weight is 324 g/mol. The van der Waals surface area contributed by atoms with Crippen LogP contribution in [0.25, 0.3) is 0 Å². The second-order valence-corrected chi connectivity index (χ2v) is 7.40. The molecule has 1 heterocycles. The summed E-state index contributed by atoms with van der Waals surface area (Å²) in [7, 11) is 0. The van der Waals surface area contributed by atoms with Crippen LogP contribution in [-0.2, 0) is 0 Å². The number of aliphatic hydroxyl groups excluding tert-OH is 1. The zero-order chi connectivity index (χ0) is 11.8. The molecule has 4 heteroatoms. The van der Waals surface area contributed by atoms with Crippen LogP contribution in [-0.4, -0.2) is 5.11 Å². The molecular weight excluding hydrogens is 308 g/mol. The van der Waals surface area contributed by atoms with E-state index in [-0.39, 0.29) is 11.5 Å². The molecule has 0 aliphatic heterocycles. The Balaban J connectivity index is 2.26. The lowest BCUT2D eigenvalue weighted by Gasteiger charge is -2.32. The molecule has 0 bridgehead atoms. The van der Waals surface area contributed by atoms with Gasteiger partial charge >= 0.3 is 0 Å². The van der Waals surface area contributed by atoms with E-state index in [1.165, 1.54) is 12.8 Å². The Morgan fingerprint density at radius 2 is 2.19 bits per heavy atom. The normalized spacial score (nSPS) is 21.2. The third-order valence-electron chi connectivity index (χ3n) is 3.82. The van der Waals surface area contributed by atoms with Gasteiger partial charge in [-0.05, 0) is 41.3 Å². The zero-order valence-electron chi connectivity index (χ0n) is 9.30. The maximum atomic E-state index is 10.5. The van der Waals surface area contributed by atoms with Crippen molar-refractivity contribution in [3.63, 3.8) is 0 Å². The minimum Gasteiger partial charge on any atom is -0.387 e. The van der Waals surface area contributed by atoms with E-state index in [4.69, 9.17) is 11.6 Å². The molecule has 0 spiro atoms. The third-order valence-corrected chi connectivity index (χ3v) is 6.34. The van der Waals surface area contributed by atoms with E-state index in [1.54, 1.807) is 11.3 Å². The SMILES string of the molecule is CCC1(C(O)c2cc(Cl)c(Br)s2)CCCC1. The Bertz CT molecular complexity index is 352. The fourth-order valence-electron chi connectivity index (χ4n) is 2.70. The summed E-state index contributed by atoms with van der Waals surface area (Å²) in [5.41, 5.74) is 0.0909. The van der Waals surface area contributed by atoms with Gasteiger partial charge in [0.15, 0.2) is 0 Å². The molecule has 1 aliphatic carbocycles. The highest BCUT2D eigenvalue weighted by Crippen LogP contribution is 2.52. The van der Waals surface area contributed by atoms with Crippen molar-refractivity contribution < 1.29 is 5.11 Å². The summed E-state index contributed by atoms with van der Waals surface area (Å²) in [6.07, 6.45) is 5.45. The molecule has 1 aromatic heterocycles. The van der Waals surface area contributed by atoms with Crippen molar-refractivity contribution in [2.24, 2.45) is 5.41 Å². The molecule has 0 radical (unpaired) electrons. The van der Waals surface area contributed by atoms with Gasteiger partial charge in [0.2, 0.25) is 0 Å². The molecule has 1 saturated carbocycles. The molecule has 1 unspecified atom stereocenters. The monoisotopic (exact) mass is 322 g/mol. The van der Waals surface area contributed by atoms with Crippen LogP contribution in [0, 0.1) is 5.41 Å². The third kappa shape index (κ3) is 2.20. The standard InChI is InChI=1S/C12H16BrClOS/c1-2-12(5-3-4-6-12)10(15)9-7-8(14)11(13)16-9/h7,10,15H,2-6H2,1H3. The highest BCUT2D eigenvalue weighted by molar-refractivity contribution is 9.11. The number of rotatable bonds is 3. The van der Waals surface area contributed by atoms with Crippen LogP contribution >= 0.6 is 38.9 Å². The average Bonchev–Trinajstić information content (AvgIpc) is 2.87. The molecule has 2 rings (SSSR count). The van der Waals surface area contributed by atoms with Gasteiger partial charge in [0, 0.05) is 10.3 Å². The van der Waals surface area contributed by atoms with E-state index < -0.39 is 0 Å². The van der Waals surface area contributed by atoms with Crippen molar-refractivity contribution in [1.82, 2.24) is 0 Å². The Morgan fingerprint density at radius 1 is 1.56 bits per heavy atom. The maximum Gasteiger partial charge on any atom is 0.0938 e. The van der Waals surface area contributed by atoms with E-state index in [0.29, 0.717) is 5.02 Å². The molecule has 90 valence electrons. The van der Waals surface area contributed by atoms with Crippen LogP contribution in [0.1, 0.15) is 50.0 Å². The summed E-state index contributed by atoms with van der Waals surface area (Å²) < 4.78 is 0.924. The van der Waals surface area contributed by atoms with Gasteiger partial charge in [-0.2, -0.15) is 0 Å². The highest BCUT2D eigenvalue weighted by Gasteiger charge is 2.40. The summed E-state index contributed by atoms with van der Waals surface area (Å²) >= 11 is 11.0. The lowest BCUT2D eigenvalue weighted by atomic mass is 9.77. The van der Waals surface area contributed by atoms with E-state index in [2.05, 4.69) is 22.9 Å². The number of hydrogen-bond acceptors (Lipinski definition) is 2. The van der Waals surface area contributed by atoms with Gasteiger partial charge in [-0.1, -0.05) is 31.4 Å². The molecule has 1 N–H and O–H groups in total. The van der Waals surface area contributed by atoms with Crippen molar-refractivity contribution >= 4 is 38.9 Å². The van der Waals surface area contributed by atoms with E-state index in [9.17, 15) is 5.11 Å². The summed E-state index contributed by atoms with van der Waals surface area (Å²) in [4.78, 5) is 1.00. The first-order chi connectivity index (χ1) is 7.59. The van der Waals surface area contributed by atoms with E-state index in [1.807, 2.05) is 6.07 Å². The summed E-state index contributed by atoms with van der Waals surface area (Å²) in [6, 6.07) is 1.90. The van der Waals surface area contributed by atoms with Gasteiger partial charge < -0.3 is 5.11 Å². The van der Waals surface area contributed by atoms with Gasteiger partial charge in [-0.25, -0.2) is 0 Å². The number of halogens is 2. The van der Waals surface area contributed by atoms with Gasteiger partial charge in [0.05, 0.1) is 14.9 Å². The van der Waals surface area contributed by atoms with Crippen LogP contribution in [0.3, 0.4) is 0 Å². The lowest BCUT2D eigenvalue weighted by molar-refractivity contribution is 0.0265. The lowest BCUT2D eigenvalue weighted by Crippen LogP contribution is -2.24. The fraction of sp³-hybridized carbons (Fsp3) is 0.667. The number of aliphatic hydroxyl groups is 1. The summed E-state index contributed by atoms with van der Waals surface area (Å²) in [6.45, 7) is 2.18. The van der Waals surface area contributed by atoms with Crippen LogP contribution in [0.2, 0.25) is 5.02 Å². The van der Waals surface area contributed by atoms with E-state index >= 15 is 0 Å². The van der Waals surface area contributed by atoms with Crippen LogP contribution in [0.5, 0.6) is 0 Å². The molecular formula is C12H16BrClOS. The van der Waals surface area contributed by atoms with Gasteiger partial charge in [0.1, 0.15) is 0 Å². The van der Waals surface area contributed by atoms with Gasteiger partial charge in [-0.3, -0.25) is 0 Å². The van der Waals surface area contributed by atoms with Crippen LogP contribution in [0.4, 0.5) is 0 Å².